The third-order valence-corrected chi connectivity index (χ3v) is 6.13. The average molecular weight is 410 g/mol. The van der Waals surface area contributed by atoms with Crippen molar-refractivity contribution >= 4 is 5.91 Å². The molecule has 3 heterocycles. The molecule has 2 aliphatic heterocycles. The summed E-state index contributed by atoms with van der Waals surface area (Å²) < 4.78 is 11.3. The van der Waals surface area contributed by atoms with Gasteiger partial charge in [-0.1, -0.05) is 13.0 Å². The van der Waals surface area contributed by atoms with Crippen LogP contribution < -0.4 is 4.74 Å². The van der Waals surface area contributed by atoms with Crippen molar-refractivity contribution in [1.82, 2.24) is 14.8 Å². The molecule has 0 radical (unpaired) electrons. The lowest BCUT2D eigenvalue weighted by molar-refractivity contribution is -0.135. The Labute approximate surface area is 178 Å². The van der Waals surface area contributed by atoms with Crippen LogP contribution in [0.2, 0.25) is 0 Å². The predicted molar refractivity (Wildman–Crippen MR) is 116 cm³/mol. The summed E-state index contributed by atoms with van der Waals surface area (Å²) in [4.78, 5) is 21.8. The molecule has 6 nitrogen and oxygen atoms in total. The van der Waals surface area contributed by atoms with Crippen molar-refractivity contribution in [3.63, 3.8) is 0 Å². The minimum Gasteiger partial charge on any atom is -0.497 e. The number of amides is 1. The largest absolute Gasteiger partial charge is 0.497 e. The van der Waals surface area contributed by atoms with Crippen molar-refractivity contribution < 1.29 is 14.3 Å². The van der Waals surface area contributed by atoms with Gasteiger partial charge in [0.1, 0.15) is 11.9 Å². The molecule has 2 aromatic rings. The second-order valence-corrected chi connectivity index (χ2v) is 8.33. The zero-order chi connectivity index (χ0) is 20.9. The number of ether oxygens (including phenoxy) is 2. The van der Waals surface area contributed by atoms with Crippen molar-refractivity contribution in [1.29, 1.82) is 0 Å². The van der Waals surface area contributed by atoms with E-state index in [1.807, 2.05) is 47.4 Å². The van der Waals surface area contributed by atoms with E-state index in [9.17, 15) is 4.79 Å². The summed E-state index contributed by atoms with van der Waals surface area (Å²) in [5, 5.41) is 0. The molecule has 0 bridgehead atoms. The first-order valence-corrected chi connectivity index (χ1v) is 10.9. The van der Waals surface area contributed by atoms with E-state index in [4.69, 9.17) is 14.5 Å². The maximum absolute atomic E-state index is 12.7. The highest BCUT2D eigenvalue weighted by atomic mass is 16.5. The van der Waals surface area contributed by atoms with Gasteiger partial charge in [0.15, 0.2) is 0 Å². The molecule has 6 heteroatoms. The van der Waals surface area contributed by atoms with E-state index in [0.717, 1.165) is 61.1 Å². The van der Waals surface area contributed by atoms with E-state index in [1.54, 1.807) is 7.11 Å². The van der Waals surface area contributed by atoms with Crippen LogP contribution >= 0.6 is 0 Å². The molecule has 2 fully saturated rings. The molecule has 0 N–H and O–H groups in total. The number of hydrogen-bond acceptors (Lipinski definition) is 5. The molecule has 0 unspecified atom stereocenters. The summed E-state index contributed by atoms with van der Waals surface area (Å²) in [6.07, 6.45) is 2.10. The van der Waals surface area contributed by atoms with Gasteiger partial charge in [-0.15, -0.1) is 0 Å². The second-order valence-electron chi connectivity index (χ2n) is 8.33. The van der Waals surface area contributed by atoms with Gasteiger partial charge in [0.05, 0.1) is 31.6 Å². The van der Waals surface area contributed by atoms with Crippen LogP contribution in [0.15, 0.2) is 42.5 Å². The number of nitrogens with zero attached hydrogens (tertiary/aromatic N) is 3. The van der Waals surface area contributed by atoms with Gasteiger partial charge in [0.2, 0.25) is 5.91 Å². The fourth-order valence-electron chi connectivity index (χ4n) is 4.13. The molecular weight excluding hydrogens is 378 g/mol. The first-order chi connectivity index (χ1) is 14.6. The SMILES string of the molecule is COc1ccc(-c2cccc([C@H]3CN(CC(=O)N4CCC(C)CC4)CCO3)n2)cc1. The van der Waals surface area contributed by atoms with Crippen LogP contribution in [0.4, 0.5) is 0 Å². The number of benzene rings is 1. The molecule has 4 rings (SSSR count). The maximum Gasteiger partial charge on any atom is 0.236 e. The Kier molecular flexibility index (Phi) is 6.65. The monoisotopic (exact) mass is 409 g/mol. The fraction of sp³-hybridized carbons (Fsp3) is 0.500. The van der Waals surface area contributed by atoms with Crippen LogP contribution in [-0.2, 0) is 9.53 Å². The number of aromatic nitrogens is 1. The Morgan fingerprint density at radius 3 is 2.63 bits per heavy atom. The van der Waals surface area contributed by atoms with Crippen molar-refractivity contribution in [3.8, 4) is 17.0 Å². The second kappa shape index (κ2) is 9.58. The number of piperidine rings is 1. The summed E-state index contributed by atoms with van der Waals surface area (Å²) >= 11 is 0. The van der Waals surface area contributed by atoms with Crippen LogP contribution in [0.1, 0.15) is 31.6 Å². The summed E-state index contributed by atoms with van der Waals surface area (Å²) in [5.74, 6) is 1.79. The van der Waals surface area contributed by atoms with Gasteiger partial charge in [-0.2, -0.15) is 0 Å². The van der Waals surface area contributed by atoms with Crippen LogP contribution in [0, 0.1) is 5.92 Å². The molecule has 1 atom stereocenters. The summed E-state index contributed by atoms with van der Waals surface area (Å²) in [6, 6.07) is 13.9. The highest BCUT2D eigenvalue weighted by Crippen LogP contribution is 2.25. The third kappa shape index (κ3) is 4.99. The van der Waals surface area contributed by atoms with Crippen molar-refractivity contribution in [2.45, 2.75) is 25.9 Å². The van der Waals surface area contributed by atoms with Gasteiger partial charge < -0.3 is 14.4 Å². The topological polar surface area (TPSA) is 54.9 Å². The van der Waals surface area contributed by atoms with Crippen molar-refractivity contribution in [2.24, 2.45) is 5.92 Å². The fourth-order valence-corrected chi connectivity index (χ4v) is 4.13. The van der Waals surface area contributed by atoms with Gasteiger partial charge in [-0.25, -0.2) is 0 Å². The van der Waals surface area contributed by atoms with Gasteiger partial charge in [0, 0.05) is 31.7 Å². The first-order valence-electron chi connectivity index (χ1n) is 10.9. The Morgan fingerprint density at radius 1 is 1.13 bits per heavy atom. The lowest BCUT2D eigenvalue weighted by Crippen LogP contribution is -2.47. The molecule has 0 aliphatic carbocycles. The number of carbonyl (C=O) groups is 1. The third-order valence-electron chi connectivity index (χ3n) is 6.13. The number of methoxy groups -OCH3 is 1. The zero-order valence-corrected chi connectivity index (χ0v) is 17.9. The zero-order valence-electron chi connectivity index (χ0n) is 17.9. The summed E-state index contributed by atoms with van der Waals surface area (Å²) in [5.41, 5.74) is 2.86. The summed E-state index contributed by atoms with van der Waals surface area (Å²) in [6.45, 7) is 6.59. The number of pyridine rings is 1. The van der Waals surface area contributed by atoms with Crippen LogP contribution in [0.5, 0.6) is 5.75 Å². The van der Waals surface area contributed by atoms with E-state index >= 15 is 0 Å². The molecule has 2 aliphatic rings. The highest BCUT2D eigenvalue weighted by Gasteiger charge is 2.27. The van der Waals surface area contributed by atoms with E-state index < -0.39 is 0 Å². The van der Waals surface area contributed by atoms with Gasteiger partial charge in [-0.3, -0.25) is 14.7 Å². The number of hydrogen-bond donors (Lipinski definition) is 0. The molecular formula is C24H31N3O3. The maximum atomic E-state index is 12.7. The van der Waals surface area contributed by atoms with E-state index in [-0.39, 0.29) is 12.0 Å². The van der Waals surface area contributed by atoms with E-state index in [0.29, 0.717) is 19.7 Å². The number of carbonyl (C=O) groups excluding carboxylic acids is 1. The Balaban J connectivity index is 1.40. The smallest absolute Gasteiger partial charge is 0.236 e. The van der Waals surface area contributed by atoms with Crippen LogP contribution in [0.3, 0.4) is 0 Å². The summed E-state index contributed by atoms with van der Waals surface area (Å²) in [7, 11) is 1.66. The minimum atomic E-state index is -0.119. The molecule has 160 valence electrons. The van der Waals surface area contributed by atoms with Gasteiger partial charge in [0.25, 0.3) is 0 Å². The molecule has 2 saturated heterocycles. The molecule has 1 aromatic heterocycles. The highest BCUT2D eigenvalue weighted by molar-refractivity contribution is 5.78. The van der Waals surface area contributed by atoms with Gasteiger partial charge >= 0.3 is 0 Å². The number of likely N-dealkylation sites (tertiary alicyclic amines) is 1. The normalized spacial score (nSPS) is 20.9. The number of rotatable bonds is 5. The Hall–Kier alpha value is -2.44. The standard InChI is InChI=1S/C24H31N3O3/c1-18-10-12-27(13-11-18)24(28)17-26-14-15-30-23(16-26)22-5-3-4-21(25-22)19-6-8-20(29-2)9-7-19/h3-9,18,23H,10-17H2,1-2H3/t23-/m1/s1. The van der Waals surface area contributed by atoms with Gasteiger partial charge in [-0.05, 0) is 55.2 Å². The van der Waals surface area contributed by atoms with Crippen LogP contribution in [-0.4, -0.2) is 67.1 Å². The number of morpholine rings is 1. The Bertz CT molecular complexity index is 847. The lowest BCUT2D eigenvalue weighted by atomic mass is 9.99. The van der Waals surface area contributed by atoms with Crippen LogP contribution in [0.25, 0.3) is 11.3 Å². The van der Waals surface area contributed by atoms with E-state index in [1.165, 1.54) is 0 Å². The molecule has 0 spiro atoms. The van der Waals surface area contributed by atoms with Crippen molar-refractivity contribution in [3.05, 3.63) is 48.2 Å². The molecule has 1 amide bonds. The quantitative estimate of drug-likeness (QED) is 0.758. The molecule has 30 heavy (non-hydrogen) atoms. The minimum absolute atomic E-state index is 0.119. The lowest BCUT2D eigenvalue weighted by Gasteiger charge is -2.35. The van der Waals surface area contributed by atoms with E-state index in [2.05, 4.69) is 11.8 Å². The first kappa shape index (κ1) is 20.8. The Morgan fingerprint density at radius 2 is 1.90 bits per heavy atom. The van der Waals surface area contributed by atoms with Crippen molar-refractivity contribution in [2.75, 3.05) is 46.4 Å². The average Bonchev–Trinajstić information content (AvgIpc) is 2.80. The predicted octanol–water partition coefficient (Wildman–Crippen LogP) is 3.39. The molecule has 0 saturated carbocycles. The molecule has 1 aromatic carbocycles.